The number of methoxy groups -OCH3 is 1. The summed E-state index contributed by atoms with van der Waals surface area (Å²) in [6, 6.07) is 1.64. The number of hydrogen-bond donors (Lipinski definition) is 0. The fraction of sp³-hybridized carbons (Fsp3) is 0.500. The lowest BCUT2D eigenvalue weighted by Crippen LogP contribution is -2.08. The van der Waals surface area contributed by atoms with E-state index in [9.17, 15) is 4.79 Å². The molecule has 0 aromatic carbocycles. The molecule has 0 saturated carbocycles. The van der Waals surface area contributed by atoms with E-state index in [1.54, 1.807) is 19.4 Å². The molecule has 0 amide bonds. The second-order valence-corrected chi connectivity index (χ2v) is 3.38. The Morgan fingerprint density at radius 2 is 2.12 bits per heavy atom. The summed E-state index contributed by atoms with van der Waals surface area (Å²) in [5.41, 5.74) is 0.503. The molecule has 0 saturated heterocycles. The molecule has 17 heavy (non-hydrogen) atoms. The maximum absolute atomic E-state index is 10.5. The summed E-state index contributed by atoms with van der Waals surface area (Å²) < 4.78 is 15.6. The minimum absolute atomic E-state index is 0.441. The summed E-state index contributed by atoms with van der Waals surface area (Å²) in [6.45, 7) is 2.31. The van der Waals surface area contributed by atoms with Crippen LogP contribution in [0.4, 0.5) is 0 Å². The molecule has 1 rings (SSSR count). The molecule has 5 nitrogen and oxygen atoms in total. The normalized spacial score (nSPS) is 10.2. The molecule has 0 unspecified atom stereocenters. The second-order valence-electron chi connectivity index (χ2n) is 3.38. The van der Waals surface area contributed by atoms with Crippen LogP contribution in [0.15, 0.2) is 18.5 Å². The average Bonchev–Trinajstić information content (AvgIpc) is 2.38. The van der Waals surface area contributed by atoms with Gasteiger partial charge in [0.05, 0.1) is 12.8 Å². The van der Waals surface area contributed by atoms with Crippen molar-refractivity contribution in [3.8, 4) is 5.75 Å². The quantitative estimate of drug-likeness (QED) is 0.480. The summed E-state index contributed by atoms with van der Waals surface area (Å²) in [5, 5.41) is 0. The van der Waals surface area contributed by atoms with Gasteiger partial charge in [-0.2, -0.15) is 0 Å². The molecular formula is C12H17NO4. The molecule has 0 atom stereocenters. The fourth-order valence-electron chi connectivity index (χ4n) is 1.20. The molecular weight excluding hydrogens is 222 g/mol. The van der Waals surface area contributed by atoms with Crippen LogP contribution in [0.1, 0.15) is 16.8 Å². The highest BCUT2D eigenvalue weighted by Gasteiger charge is 1.97. The number of aromatic nitrogens is 1. The van der Waals surface area contributed by atoms with E-state index in [2.05, 4.69) is 4.98 Å². The third-order valence-electron chi connectivity index (χ3n) is 2.00. The number of ether oxygens (including phenoxy) is 3. The SMILES string of the molecule is COCCCOCCOc1cncc(C=O)c1. The summed E-state index contributed by atoms with van der Waals surface area (Å²) in [7, 11) is 1.66. The number of hydrogen-bond acceptors (Lipinski definition) is 5. The number of carbonyl (C=O) groups excluding carboxylic acids is 1. The molecule has 0 fully saturated rings. The van der Waals surface area contributed by atoms with Gasteiger partial charge in [-0.1, -0.05) is 0 Å². The maximum atomic E-state index is 10.5. The van der Waals surface area contributed by atoms with Crippen LogP contribution < -0.4 is 4.74 Å². The van der Waals surface area contributed by atoms with Gasteiger partial charge in [-0.05, 0) is 12.5 Å². The van der Waals surface area contributed by atoms with Crippen LogP contribution in [0, 0.1) is 0 Å². The van der Waals surface area contributed by atoms with E-state index >= 15 is 0 Å². The van der Waals surface area contributed by atoms with Crippen molar-refractivity contribution in [2.24, 2.45) is 0 Å². The molecule has 1 heterocycles. The van der Waals surface area contributed by atoms with Gasteiger partial charge in [-0.3, -0.25) is 9.78 Å². The van der Waals surface area contributed by atoms with Crippen LogP contribution >= 0.6 is 0 Å². The van der Waals surface area contributed by atoms with Crippen molar-refractivity contribution in [1.82, 2.24) is 4.98 Å². The molecule has 5 heteroatoms. The summed E-state index contributed by atoms with van der Waals surface area (Å²) >= 11 is 0. The Morgan fingerprint density at radius 3 is 2.88 bits per heavy atom. The lowest BCUT2D eigenvalue weighted by atomic mass is 10.3. The van der Waals surface area contributed by atoms with Crippen molar-refractivity contribution in [2.75, 3.05) is 33.5 Å². The summed E-state index contributed by atoms with van der Waals surface area (Å²) in [6.07, 6.45) is 4.67. The maximum Gasteiger partial charge on any atom is 0.151 e. The van der Waals surface area contributed by atoms with Crippen LogP contribution in [-0.4, -0.2) is 44.8 Å². The third-order valence-corrected chi connectivity index (χ3v) is 2.00. The van der Waals surface area contributed by atoms with Crippen molar-refractivity contribution >= 4 is 6.29 Å². The average molecular weight is 239 g/mol. The Balaban J connectivity index is 2.11. The monoisotopic (exact) mass is 239 g/mol. The Hall–Kier alpha value is -1.46. The molecule has 1 aromatic heterocycles. The highest BCUT2D eigenvalue weighted by Crippen LogP contribution is 2.09. The van der Waals surface area contributed by atoms with Gasteiger partial charge >= 0.3 is 0 Å². The van der Waals surface area contributed by atoms with E-state index in [-0.39, 0.29) is 0 Å². The Labute approximate surface area is 101 Å². The molecule has 0 aliphatic carbocycles. The van der Waals surface area contributed by atoms with Crippen LogP contribution in [-0.2, 0) is 9.47 Å². The minimum atomic E-state index is 0.441. The number of rotatable bonds is 9. The van der Waals surface area contributed by atoms with Crippen LogP contribution in [0.5, 0.6) is 5.75 Å². The van der Waals surface area contributed by atoms with Gasteiger partial charge in [0.15, 0.2) is 6.29 Å². The minimum Gasteiger partial charge on any atom is -0.490 e. The van der Waals surface area contributed by atoms with E-state index < -0.39 is 0 Å². The van der Waals surface area contributed by atoms with Crippen LogP contribution in [0.2, 0.25) is 0 Å². The van der Waals surface area contributed by atoms with E-state index in [0.717, 1.165) is 12.7 Å². The highest BCUT2D eigenvalue weighted by atomic mass is 16.5. The van der Waals surface area contributed by atoms with Gasteiger partial charge in [-0.25, -0.2) is 0 Å². The standard InChI is InChI=1S/C12H17NO4/c1-15-3-2-4-16-5-6-17-12-7-11(10-14)8-13-9-12/h7-10H,2-6H2,1H3. The van der Waals surface area contributed by atoms with Crippen molar-refractivity contribution in [1.29, 1.82) is 0 Å². The van der Waals surface area contributed by atoms with Crippen LogP contribution in [0.3, 0.4) is 0 Å². The summed E-state index contributed by atoms with van der Waals surface area (Å²) in [4.78, 5) is 14.4. The first-order chi connectivity index (χ1) is 8.36. The zero-order valence-electron chi connectivity index (χ0n) is 9.93. The van der Waals surface area contributed by atoms with Gasteiger partial charge in [0.25, 0.3) is 0 Å². The van der Waals surface area contributed by atoms with Gasteiger partial charge in [0, 0.05) is 32.1 Å². The van der Waals surface area contributed by atoms with E-state index in [1.165, 1.54) is 6.20 Å². The van der Waals surface area contributed by atoms with Gasteiger partial charge < -0.3 is 14.2 Å². The largest absolute Gasteiger partial charge is 0.490 e. The molecule has 0 aliphatic rings. The number of pyridine rings is 1. The molecule has 94 valence electrons. The van der Waals surface area contributed by atoms with Gasteiger partial charge in [0.1, 0.15) is 12.4 Å². The molecule has 0 radical (unpaired) electrons. The zero-order valence-corrected chi connectivity index (χ0v) is 9.93. The number of nitrogens with zero attached hydrogens (tertiary/aromatic N) is 1. The van der Waals surface area contributed by atoms with Gasteiger partial charge in [-0.15, -0.1) is 0 Å². The molecule has 1 aromatic rings. The van der Waals surface area contributed by atoms with Crippen molar-refractivity contribution < 1.29 is 19.0 Å². The van der Waals surface area contributed by atoms with E-state index in [0.29, 0.717) is 37.7 Å². The number of aldehydes is 1. The molecule has 0 N–H and O–H groups in total. The van der Waals surface area contributed by atoms with Crippen molar-refractivity contribution in [3.63, 3.8) is 0 Å². The molecule has 0 bridgehead atoms. The molecule has 0 spiro atoms. The second kappa shape index (κ2) is 8.66. The third kappa shape index (κ3) is 5.99. The zero-order chi connectivity index (χ0) is 12.3. The van der Waals surface area contributed by atoms with E-state index in [1.807, 2.05) is 0 Å². The fourth-order valence-corrected chi connectivity index (χ4v) is 1.20. The predicted molar refractivity (Wildman–Crippen MR) is 62.4 cm³/mol. The lowest BCUT2D eigenvalue weighted by Gasteiger charge is -2.06. The van der Waals surface area contributed by atoms with Gasteiger partial charge in [0.2, 0.25) is 0 Å². The topological polar surface area (TPSA) is 57.6 Å². The summed E-state index contributed by atoms with van der Waals surface area (Å²) in [5.74, 6) is 0.579. The molecule has 0 aliphatic heterocycles. The number of carbonyl (C=O) groups is 1. The van der Waals surface area contributed by atoms with Crippen molar-refractivity contribution in [2.45, 2.75) is 6.42 Å². The predicted octanol–water partition coefficient (Wildman–Crippen LogP) is 1.33. The van der Waals surface area contributed by atoms with E-state index in [4.69, 9.17) is 14.2 Å². The first-order valence-corrected chi connectivity index (χ1v) is 5.46. The van der Waals surface area contributed by atoms with Crippen LogP contribution in [0.25, 0.3) is 0 Å². The lowest BCUT2D eigenvalue weighted by molar-refractivity contribution is 0.0805. The Kier molecular flexibility index (Phi) is 6.93. The smallest absolute Gasteiger partial charge is 0.151 e. The van der Waals surface area contributed by atoms with Crippen molar-refractivity contribution in [3.05, 3.63) is 24.0 Å². The first-order valence-electron chi connectivity index (χ1n) is 5.46. The first kappa shape index (κ1) is 13.6. The Bertz CT molecular complexity index is 330. The highest BCUT2D eigenvalue weighted by molar-refractivity contribution is 5.74. The Morgan fingerprint density at radius 1 is 1.24 bits per heavy atom.